The fourth-order valence-corrected chi connectivity index (χ4v) is 2.66. The number of anilines is 1. The average Bonchev–Trinajstić information content (AvgIpc) is 2.37. The molecule has 2 rings (SSSR count). The topological polar surface area (TPSA) is 71.5 Å². The maximum absolute atomic E-state index is 11.0. The molecule has 1 heterocycles. The van der Waals surface area contributed by atoms with Crippen LogP contribution in [0.4, 0.5) is 5.82 Å². The van der Waals surface area contributed by atoms with Crippen LogP contribution in [0.1, 0.15) is 43.2 Å². The lowest BCUT2D eigenvalue weighted by Crippen LogP contribution is -2.58. The highest BCUT2D eigenvalue weighted by atomic mass is 16.5. The number of nitrogens with one attached hydrogen (secondary N) is 1. The largest absolute Gasteiger partial charge is 0.478 e. The summed E-state index contributed by atoms with van der Waals surface area (Å²) < 4.78 is 5.70. The molecule has 5 heteroatoms. The molecule has 0 amide bonds. The Morgan fingerprint density at radius 1 is 1.55 bits per heavy atom. The van der Waals surface area contributed by atoms with Gasteiger partial charge in [0.1, 0.15) is 5.82 Å². The maximum atomic E-state index is 11.0. The van der Waals surface area contributed by atoms with Crippen molar-refractivity contribution in [3.8, 4) is 0 Å². The van der Waals surface area contributed by atoms with Gasteiger partial charge in [-0.05, 0) is 32.4 Å². The smallest absolute Gasteiger partial charge is 0.337 e. The SMILES string of the molecule is CCOC1CC(Nc2ccc(C(=O)O)c(C)n2)C1(C)C. The third-order valence-electron chi connectivity index (χ3n) is 4.18. The number of hydrogen-bond acceptors (Lipinski definition) is 4. The van der Waals surface area contributed by atoms with E-state index >= 15 is 0 Å². The van der Waals surface area contributed by atoms with E-state index in [2.05, 4.69) is 24.1 Å². The van der Waals surface area contributed by atoms with Gasteiger partial charge in [0, 0.05) is 18.1 Å². The number of aromatic nitrogens is 1. The zero-order valence-electron chi connectivity index (χ0n) is 12.4. The zero-order valence-corrected chi connectivity index (χ0v) is 12.4. The van der Waals surface area contributed by atoms with E-state index in [0.717, 1.165) is 18.8 Å². The number of hydrogen-bond donors (Lipinski definition) is 2. The number of aromatic carboxylic acids is 1. The van der Waals surface area contributed by atoms with Gasteiger partial charge in [0.25, 0.3) is 0 Å². The van der Waals surface area contributed by atoms with Crippen molar-refractivity contribution in [1.29, 1.82) is 0 Å². The molecule has 20 heavy (non-hydrogen) atoms. The highest BCUT2D eigenvalue weighted by Gasteiger charge is 2.49. The fourth-order valence-electron chi connectivity index (χ4n) is 2.66. The van der Waals surface area contributed by atoms with Gasteiger partial charge in [-0.1, -0.05) is 13.8 Å². The number of carbonyl (C=O) groups is 1. The first-order valence-corrected chi connectivity index (χ1v) is 6.95. The molecule has 1 aliphatic carbocycles. The third-order valence-corrected chi connectivity index (χ3v) is 4.18. The van der Waals surface area contributed by atoms with Crippen molar-refractivity contribution >= 4 is 11.8 Å². The minimum Gasteiger partial charge on any atom is -0.478 e. The summed E-state index contributed by atoms with van der Waals surface area (Å²) in [6.45, 7) is 8.79. The van der Waals surface area contributed by atoms with Gasteiger partial charge in [-0.3, -0.25) is 0 Å². The third kappa shape index (κ3) is 2.63. The van der Waals surface area contributed by atoms with E-state index in [1.54, 1.807) is 19.1 Å². The highest BCUT2D eigenvalue weighted by Crippen LogP contribution is 2.44. The predicted molar refractivity (Wildman–Crippen MR) is 77.2 cm³/mol. The van der Waals surface area contributed by atoms with E-state index in [1.807, 2.05) is 6.92 Å². The van der Waals surface area contributed by atoms with Crippen LogP contribution < -0.4 is 5.32 Å². The minimum absolute atomic E-state index is 0.0526. The summed E-state index contributed by atoms with van der Waals surface area (Å²) >= 11 is 0. The van der Waals surface area contributed by atoms with Crippen molar-refractivity contribution in [3.63, 3.8) is 0 Å². The Hall–Kier alpha value is -1.62. The van der Waals surface area contributed by atoms with Crippen molar-refractivity contribution < 1.29 is 14.6 Å². The van der Waals surface area contributed by atoms with Gasteiger partial charge >= 0.3 is 5.97 Å². The van der Waals surface area contributed by atoms with E-state index in [9.17, 15) is 4.79 Å². The summed E-state index contributed by atoms with van der Waals surface area (Å²) in [5, 5.41) is 12.4. The predicted octanol–water partition coefficient (Wildman–Crippen LogP) is 2.70. The van der Waals surface area contributed by atoms with E-state index in [4.69, 9.17) is 9.84 Å². The Morgan fingerprint density at radius 2 is 2.25 bits per heavy atom. The molecule has 0 saturated heterocycles. The molecule has 2 atom stereocenters. The molecule has 0 aromatic carbocycles. The van der Waals surface area contributed by atoms with Gasteiger partial charge in [-0.15, -0.1) is 0 Å². The Kier molecular flexibility index (Phi) is 3.99. The standard InChI is InChI=1S/C15H22N2O3/c1-5-20-12-8-11(15(12,3)4)17-13-7-6-10(14(18)19)9(2)16-13/h6-7,11-12H,5,8H2,1-4H3,(H,16,17)(H,18,19). The molecular formula is C15H22N2O3. The lowest BCUT2D eigenvalue weighted by Gasteiger charge is -2.51. The van der Waals surface area contributed by atoms with Gasteiger partial charge in [-0.2, -0.15) is 0 Å². The molecule has 2 N–H and O–H groups in total. The van der Waals surface area contributed by atoms with Gasteiger partial charge < -0.3 is 15.2 Å². The summed E-state index contributed by atoms with van der Waals surface area (Å²) in [5.41, 5.74) is 0.827. The molecule has 0 aliphatic heterocycles. The molecule has 0 spiro atoms. The Bertz CT molecular complexity index is 514. The summed E-state index contributed by atoms with van der Waals surface area (Å²) in [7, 11) is 0. The van der Waals surface area contributed by atoms with Crippen LogP contribution in [0.25, 0.3) is 0 Å². The Labute approximate surface area is 119 Å². The lowest BCUT2D eigenvalue weighted by atomic mass is 9.64. The molecule has 1 aromatic rings. The second kappa shape index (κ2) is 5.40. The molecule has 0 bridgehead atoms. The Balaban J connectivity index is 2.05. The van der Waals surface area contributed by atoms with E-state index in [-0.39, 0.29) is 17.1 Å². The van der Waals surface area contributed by atoms with Crippen LogP contribution in [0.2, 0.25) is 0 Å². The molecule has 5 nitrogen and oxygen atoms in total. The monoisotopic (exact) mass is 278 g/mol. The van der Waals surface area contributed by atoms with Crippen molar-refractivity contribution in [2.45, 2.75) is 46.3 Å². The summed E-state index contributed by atoms with van der Waals surface area (Å²) in [6.07, 6.45) is 1.21. The molecule has 1 aliphatic rings. The van der Waals surface area contributed by atoms with Crippen molar-refractivity contribution in [3.05, 3.63) is 23.4 Å². The number of ether oxygens (including phenoxy) is 1. The number of nitrogens with zero attached hydrogens (tertiary/aromatic N) is 1. The summed E-state index contributed by atoms with van der Waals surface area (Å²) in [6, 6.07) is 3.61. The molecule has 0 radical (unpaired) electrons. The first-order chi connectivity index (χ1) is 9.36. The van der Waals surface area contributed by atoms with Gasteiger partial charge in [0.15, 0.2) is 0 Å². The van der Waals surface area contributed by atoms with Crippen LogP contribution in [0.5, 0.6) is 0 Å². The molecule has 110 valence electrons. The quantitative estimate of drug-likeness (QED) is 0.866. The van der Waals surface area contributed by atoms with Crippen LogP contribution >= 0.6 is 0 Å². The first-order valence-electron chi connectivity index (χ1n) is 6.95. The number of rotatable bonds is 5. The van der Waals surface area contributed by atoms with Crippen molar-refractivity contribution in [2.75, 3.05) is 11.9 Å². The lowest BCUT2D eigenvalue weighted by molar-refractivity contribution is -0.0976. The number of carboxylic acid groups (broad SMARTS) is 1. The summed E-state index contributed by atoms with van der Waals surface area (Å²) in [4.78, 5) is 15.3. The number of aryl methyl sites for hydroxylation is 1. The van der Waals surface area contributed by atoms with Crippen LogP contribution in [0.15, 0.2) is 12.1 Å². The maximum Gasteiger partial charge on any atom is 0.337 e. The van der Waals surface area contributed by atoms with Gasteiger partial charge in [-0.25, -0.2) is 9.78 Å². The highest BCUT2D eigenvalue weighted by molar-refractivity contribution is 5.89. The molecule has 1 aromatic heterocycles. The molecule has 1 fully saturated rings. The molecule has 1 saturated carbocycles. The minimum atomic E-state index is -0.943. The normalized spacial score (nSPS) is 24.0. The van der Waals surface area contributed by atoms with Crippen molar-refractivity contribution in [2.24, 2.45) is 5.41 Å². The Morgan fingerprint density at radius 3 is 2.75 bits per heavy atom. The number of pyridine rings is 1. The molecule has 2 unspecified atom stereocenters. The van der Waals surface area contributed by atoms with Crippen LogP contribution in [0, 0.1) is 12.3 Å². The summed E-state index contributed by atoms with van der Waals surface area (Å²) in [5.74, 6) is -0.220. The zero-order chi connectivity index (χ0) is 14.9. The average molecular weight is 278 g/mol. The van der Waals surface area contributed by atoms with Crippen LogP contribution in [-0.4, -0.2) is 34.8 Å². The van der Waals surface area contributed by atoms with Crippen molar-refractivity contribution in [1.82, 2.24) is 4.98 Å². The molecular weight excluding hydrogens is 256 g/mol. The van der Waals surface area contributed by atoms with E-state index < -0.39 is 5.97 Å². The van der Waals surface area contributed by atoms with Crippen LogP contribution in [0.3, 0.4) is 0 Å². The fraction of sp³-hybridized carbons (Fsp3) is 0.600. The van der Waals surface area contributed by atoms with E-state index in [0.29, 0.717) is 11.7 Å². The second-order valence-electron chi connectivity index (χ2n) is 5.83. The number of carboxylic acids is 1. The second-order valence-corrected chi connectivity index (χ2v) is 5.83. The van der Waals surface area contributed by atoms with E-state index in [1.165, 1.54) is 0 Å². The van der Waals surface area contributed by atoms with Gasteiger partial charge in [0.05, 0.1) is 17.4 Å². The first kappa shape index (κ1) is 14.8. The van der Waals surface area contributed by atoms with Crippen LogP contribution in [-0.2, 0) is 4.74 Å². The van der Waals surface area contributed by atoms with Gasteiger partial charge in [0.2, 0.25) is 0 Å².